The van der Waals surface area contributed by atoms with Gasteiger partial charge in [0.25, 0.3) is 0 Å². The Kier molecular flexibility index (Phi) is 3.58. The fourth-order valence-electron chi connectivity index (χ4n) is 1.80. The number of anilines is 1. The van der Waals surface area contributed by atoms with E-state index in [1.54, 1.807) is 0 Å². The molecule has 94 valence electrons. The molecule has 2 rings (SSSR count). The van der Waals surface area contributed by atoms with E-state index in [4.69, 9.17) is 0 Å². The predicted molar refractivity (Wildman–Crippen MR) is 62.6 cm³/mol. The van der Waals surface area contributed by atoms with Crippen LogP contribution >= 0.6 is 0 Å². The Bertz CT molecular complexity index is 486. The molecule has 17 heavy (non-hydrogen) atoms. The van der Waals surface area contributed by atoms with Crippen LogP contribution in [-0.4, -0.2) is 31.7 Å². The number of rotatable bonds is 3. The SMILES string of the molecule is O=S(=O)(Nc1cncc(F)c1)C1CCCNC1. The van der Waals surface area contributed by atoms with Crippen molar-refractivity contribution in [3.63, 3.8) is 0 Å². The van der Waals surface area contributed by atoms with Gasteiger partial charge in [-0.15, -0.1) is 0 Å². The van der Waals surface area contributed by atoms with E-state index >= 15 is 0 Å². The van der Waals surface area contributed by atoms with Gasteiger partial charge in [0.2, 0.25) is 10.0 Å². The van der Waals surface area contributed by atoms with Crippen molar-refractivity contribution >= 4 is 15.7 Å². The molecule has 1 unspecified atom stereocenters. The van der Waals surface area contributed by atoms with Crippen molar-refractivity contribution in [2.75, 3.05) is 17.8 Å². The van der Waals surface area contributed by atoms with E-state index in [0.717, 1.165) is 25.2 Å². The van der Waals surface area contributed by atoms with Crippen molar-refractivity contribution < 1.29 is 12.8 Å². The molecule has 1 fully saturated rings. The average molecular weight is 259 g/mol. The van der Waals surface area contributed by atoms with E-state index in [2.05, 4.69) is 15.0 Å². The number of piperidine rings is 1. The van der Waals surface area contributed by atoms with Gasteiger partial charge >= 0.3 is 0 Å². The molecule has 5 nitrogen and oxygen atoms in total. The minimum Gasteiger partial charge on any atom is -0.315 e. The minimum absolute atomic E-state index is 0.163. The van der Waals surface area contributed by atoms with Crippen molar-refractivity contribution in [2.24, 2.45) is 0 Å². The lowest BCUT2D eigenvalue weighted by atomic mass is 10.2. The Hall–Kier alpha value is -1.21. The summed E-state index contributed by atoms with van der Waals surface area (Å²) in [6.45, 7) is 1.27. The molecule has 0 bridgehead atoms. The quantitative estimate of drug-likeness (QED) is 0.839. The lowest BCUT2D eigenvalue weighted by molar-refractivity contribution is 0.499. The maximum atomic E-state index is 12.9. The number of hydrogen-bond acceptors (Lipinski definition) is 4. The molecule has 1 aliphatic rings. The van der Waals surface area contributed by atoms with Crippen LogP contribution in [0.1, 0.15) is 12.8 Å². The molecule has 1 atom stereocenters. The first-order valence-electron chi connectivity index (χ1n) is 5.41. The summed E-state index contributed by atoms with van der Waals surface area (Å²) in [4.78, 5) is 3.60. The molecule has 0 aromatic carbocycles. The highest BCUT2D eigenvalue weighted by atomic mass is 32.2. The van der Waals surface area contributed by atoms with Crippen molar-refractivity contribution in [3.8, 4) is 0 Å². The first kappa shape index (κ1) is 12.3. The normalized spacial score (nSPS) is 21.1. The summed E-state index contributed by atoms with van der Waals surface area (Å²) in [6, 6.07) is 1.11. The Morgan fingerprint density at radius 3 is 2.94 bits per heavy atom. The van der Waals surface area contributed by atoms with Gasteiger partial charge in [-0.3, -0.25) is 9.71 Å². The smallest absolute Gasteiger partial charge is 0.236 e. The maximum Gasteiger partial charge on any atom is 0.236 e. The number of halogens is 1. The zero-order chi connectivity index (χ0) is 12.3. The highest BCUT2D eigenvalue weighted by molar-refractivity contribution is 7.93. The summed E-state index contributed by atoms with van der Waals surface area (Å²) >= 11 is 0. The average Bonchev–Trinajstić information content (AvgIpc) is 2.29. The predicted octanol–water partition coefficient (Wildman–Crippen LogP) is 0.714. The Labute approximate surface area is 99.5 Å². The largest absolute Gasteiger partial charge is 0.315 e. The van der Waals surface area contributed by atoms with Gasteiger partial charge in [-0.1, -0.05) is 0 Å². The lowest BCUT2D eigenvalue weighted by Gasteiger charge is -2.23. The zero-order valence-electron chi connectivity index (χ0n) is 9.19. The molecular weight excluding hydrogens is 245 g/mol. The number of aromatic nitrogens is 1. The zero-order valence-corrected chi connectivity index (χ0v) is 10.0. The summed E-state index contributed by atoms with van der Waals surface area (Å²) in [5.41, 5.74) is 0.163. The minimum atomic E-state index is -3.47. The molecule has 1 saturated heterocycles. The van der Waals surface area contributed by atoms with E-state index in [1.807, 2.05) is 0 Å². The van der Waals surface area contributed by atoms with Crippen LogP contribution in [-0.2, 0) is 10.0 Å². The van der Waals surface area contributed by atoms with E-state index < -0.39 is 21.1 Å². The molecule has 0 radical (unpaired) electrons. The van der Waals surface area contributed by atoms with Gasteiger partial charge in [0.15, 0.2) is 0 Å². The van der Waals surface area contributed by atoms with Crippen molar-refractivity contribution in [1.82, 2.24) is 10.3 Å². The number of nitrogens with one attached hydrogen (secondary N) is 2. The van der Waals surface area contributed by atoms with Crippen molar-refractivity contribution in [3.05, 3.63) is 24.3 Å². The first-order valence-corrected chi connectivity index (χ1v) is 6.95. The van der Waals surface area contributed by atoms with Crippen LogP contribution in [0.2, 0.25) is 0 Å². The van der Waals surface area contributed by atoms with Crippen molar-refractivity contribution in [2.45, 2.75) is 18.1 Å². The maximum absolute atomic E-state index is 12.9. The topological polar surface area (TPSA) is 71.1 Å². The van der Waals surface area contributed by atoms with E-state index in [-0.39, 0.29) is 5.69 Å². The van der Waals surface area contributed by atoms with E-state index in [0.29, 0.717) is 13.0 Å². The molecule has 2 heterocycles. The fourth-order valence-corrected chi connectivity index (χ4v) is 3.22. The van der Waals surface area contributed by atoms with Crippen molar-refractivity contribution in [1.29, 1.82) is 0 Å². The molecular formula is C10H14FN3O2S. The van der Waals surface area contributed by atoms with Crippen LogP contribution < -0.4 is 10.0 Å². The van der Waals surface area contributed by atoms with Crippen LogP contribution in [0.3, 0.4) is 0 Å². The second-order valence-electron chi connectivity index (χ2n) is 4.01. The van der Waals surface area contributed by atoms with Gasteiger partial charge in [0.1, 0.15) is 5.82 Å². The van der Waals surface area contributed by atoms with Gasteiger partial charge in [-0.05, 0) is 19.4 Å². The van der Waals surface area contributed by atoms with Crippen LogP contribution in [0.4, 0.5) is 10.1 Å². The summed E-state index contributed by atoms with van der Waals surface area (Å²) in [6.07, 6.45) is 3.76. The standard InChI is InChI=1S/C10H14FN3O2S/c11-8-4-9(6-13-5-8)14-17(15,16)10-2-1-3-12-7-10/h4-6,10,12,14H,1-3,7H2. The monoisotopic (exact) mass is 259 g/mol. The van der Waals surface area contributed by atoms with Crippen LogP contribution in [0.15, 0.2) is 18.5 Å². The molecule has 0 spiro atoms. The summed E-state index contributed by atoms with van der Waals surface area (Å²) in [5.74, 6) is -0.563. The molecule has 1 aliphatic heterocycles. The number of hydrogen-bond donors (Lipinski definition) is 2. The van der Waals surface area contributed by atoms with Gasteiger partial charge in [0.05, 0.1) is 23.3 Å². The molecule has 7 heteroatoms. The Balaban J connectivity index is 2.11. The lowest BCUT2D eigenvalue weighted by Crippen LogP contribution is -2.41. The molecule has 2 N–H and O–H groups in total. The molecule has 1 aromatic heterocycles. The highest BCUT2D eigenvalue weighted by Crippen LogP contribution is 2.16. The molecule has 0 aliphatic carbocycles. The number of pyridine rings is 1. The summed E-state index contributed by atoms with van der Waals surface area (Å²) in [5, 5.41) is 2.56. The van der Waals surface area contributed by atoms with Gasteiger partial charge < -0.3 is 5.32 Å². The fraction of sp³-hybridized carbons (Fsp3) is 0.500. The second-order valence-corrected chi connectivity index (χ2v) is 5.97. The summed E-state index contributed by atoms with van der Waals surface area (Å²) < 4.78 is 39.2. The number of sulfonamides is 1. The Morgan fingerprint density at radius 1 is 1.47 bits per heavy atom. The summed E-state index contributed by atoms with van der Waals surface area (Å²) in [7, 11) is -3.47. The number of nitrogens with zero attached hydrogens (tertiary/aromatic N) is 1. The van der Waals surface area contributed by atoms with Crippen LogP contribution in [0.25, 0.3) is 0 Å². The Morgan fingerprint density at radius 2 is 2.29 bits per heavy atom. The van der Waals surface area contributed by atoms with Gasteiger partial charge in [0, 0.05) is 12.6 Å². The molecule has 0 saturated carbocycles. The first-order chi connectivity index (χ1) is 8.08. The van der Waals surface area contributed by atoms with Gasteiger partial charge in [-0.25, -0.2) is 12.8 Å². The van der Waals surface area contributed by atoms with E-state index in [9.17, 15) is 12.8 Å². The van der Waals surface area contributed by atoms with Crippen LogP contribution in [0, 0.1) is 5.82 Å². The second kappa shape index (κ2) is 4.97. The third kappa shape index (κ3) is 3.13. The van der Waals surface area contributed by atoms with Gasteiger partial charge in [-0.2, -0.15) is 0 Å². The molecule has 1 aromatic rings. The third-order valence-electron chi connectivity index (χ3n) is 2.66. The third-order valence-corrected chi connectivity index (χ3v) is 4.46. The van der Waals surface area contributed by atoms with E-state index in [1.165, 1.54) is 6.20 Å². The molecule has 0 amide bonds. The highest BCUT2D eigenvalue weighted by Gasteiger charge is 2.27. The van der Waals surface area contributed by atoms with Crippen LogP contribution in [0.5, 0.6) is 0 Å².